The minimum atomic E-state index is -4.41. The number of nitrogens with zero attached hydrogens (tertiary/aromatic N) is 3. The number of nitrogens with one attached hydrogen (secondary N) is 1. The third-order valence-corrected chi connectivity index (χ3v) is 3.80. The molecule has 0 saturated carbocycles. The molecule has 0 saturated heterocycles. The molecule has 0 fully saturated rings. The van der Waals surface area contributed by atoms with E-state index in [1.807, 2.05) is 13.8 Å². The standard InChI is InChI=1S/C14H21F3N4/c1-3-21(4-2)8-6-12-19-11-9-18-7-5-10(11)13(20-12)14(15,16)17/h18H,3-9H2,1-2H3. The van der Waals surface area contributed by atoms with E-state index in [1.165, 1.54) is 0 Å². The normalized spacial score (nSPS) is 15.3. The van der Waals surface area contributed by atoms with Crippen LogP contribution in [0.5, 0.6) is 0 Å². The Bertz CT molecular complexity index is 484. The van der Waals surface area contributed by atoms with Crippen molar-refractivity contribution < 1.29 is 13.2 Å². The molecule has 2 heterocycles. The number of halogens is 3. The molecule has 1 aromatic rings. The number of hydrogen-bond acceptors (Lipinski definition) is 4. The monoisotopic (exact) mass is 302 g/mol. The van der Waals surface area contributed by atoms with Gasteiger partial charge in [0, 0.05) is 25.1 Å². The van der Waals surface area contributed by atoms with Crippen LogP contribution < -0.4 is 5.32 Å². The summed E-state index contributed by atoms with van der Waals surface area (Å²) in [6.45, 7) is 7.41. The fourth-order valence-corrected chi connectivity index (χ4v) is 2.55. The Labute approximate surface area is 122 Å². The maximum absolute atomic E-state index is 13.2. The van der Waals surface area contributed by atoms with Gasteiger partial charge in [0.15, 0.2) is 5.69 Å². The van der Waals surface area contributed by atoms with Gasteiger partial charge in [0.1, 0.15) is 5.82 Å². The maximum Gasteiger partial charge on any atom is 0.433 e. The first-order valence-electron chi connectivity index (χ1n) is 7.34. The lowest BCUT2D eigenvalue weighted by Gasteiger charge is -2.22. The first kappa shape index (κ1) is 16.2. The highest BCUT2D eigenvalue weighted by atomic mass is 19.4. The van der Waals surface area contributed by atoms with Crippen molar-refractivity contribution in [2.45, 2.75) is 39.4 Å². The van der Waals surface area contributed by atoms with Crippen molar-refractivity contribution >= 4 is 0 Å². The molecule has 0 spiro atoms. The summed E-state index contributed by atoms with van der Waals surface area (Å²) in [5.41, 5.74) is 0.00880. The summed E-state index contributed by atoms with van der Waals surface area (Å²) in [7, 11) is 0. The zero-order valence-corrected chi connectivity index (χ0v) is 12.4. The molecule has 0 unspecified atom stereocenters. The SMILES string of the molecule is CCN(CC)CCc1nc2c(c(C(F)(F)F)n1)CCNC2. The summed E-state index contributed by atoms with van der Waals surface area (Å²) >= 11 is 0. The van der Waals surface area contributed by atoms with Crippen LogP contribution in [0.25, 0.3) is 0 Å². The Balaban J connectivity index is 2.27. The highest BCUT2D eigenvalue weighted by Crippen LogP contribution is 2.32. The summed E-state index contributed by atoms with van der Waals surface area (Å²) < 4.78 is 39.5. The summed E-state index contributed by atoms with van der Waals surface area (Å²) in [5.74, 6) is 0.289. The third kappa shape index (κ3) is 3.91. The van der Waals surface area contributed by atoms with Crippen LogP contribution in [0, 0.1) is 0 Å². The molecule has 1 N–H and O–H groups in total. The van der Waals surface area contributed by atoms with Crippen molar-refractivity contribution in [1.29, 1.82) is 0 Å². The topological polar surface area (TPSA) is 41.1 Å². The largest absolute Gasteiger partial charge is 0.433 e. The van der Waals surface area contributed by atoms with E-state index in [0.717, 1.165) is 13.1 Å². The van der Waals surface area contributed by atoms with Crippen molar-refractivity contribution in [2.24, 2.45) is 0 Å². The predicted octanol–water partition coefficient (Wildman–Crippen LogP) is 2.03. The Kier molecular flexibility index (Phi) is 5.16. The summed E-state index contributed by atoms with van der Waals surface area (Å²) in [6.07, 6.45) is -3.63. The molecule has 2 rings (SSSR count). The van der Waals surface area contributed by atoms with E-state index in [0.29, 0.717) is 38.2 Å². The minimum absolute atomic E-state index is 0.257. The molecule has 1 aromatic heterocycles. The second-order valence-corrected chi connectivity index (χ2v) is 5.12. The summed E-state index contributed by atoms with van der Waals surface area (Å²) in [6, 6.07) is 0. The van der Waals surface area contributed by atoms with Gasteiger partial charge in [0.25, 0.3) is 0 Å². The van der Waals surface area contributed by atoms with Crippen molar-refractivity contribution in [3.8, 4) is 0 Å². The molecular weight excluding hydrogens is 281 g/mol. The molecule has 21 heavy (non-hydrogen) atoms. The van der Waals surface area contributed by atoms with E-state index in [1.54, 1.807) is 0 Å². The second kappa shape index (κ2) is 6.70. The van der Waals surface area contributed by atoms with Gasteiger partial charge in [0.2, 0.25) is 0 Å². The minimum Gasteiger partial charge on any atom is -0.311 e. The first-order chi connectivity index (χ1) is 9.95. The fraction of sp³-hybridized carbons (Fsp3) is 0.714. The number of likely N-dealkylation sites (N-methyl/N-ethyl adjacent to an activating group) is 1. The number of hydrogen-bond donors (Lipinski definition) is 1. The molecule has 0 aromatic carbocycles. The Morgan fingerprint density at radius 1 is 1.19 bits per heavy atom. The molecule has 4 nitrogen and oxygen atoms in total. The van der Waals surface area contributed by atoms with Crippen molar-refractivity contribution in [3.63, 3.8) is 0 Å². The fourth-order valence-electron chi connectivity index (χ4n) is 2.55. The number of alkyl halides is 3. The summed E-state index contributed by atoms with van der Waals surface area (Å²) in [5, 5.41) is 3.07. The average molecular weight is 302 g/mol. The van der Waals surface area contributed by atoms with Crippen molar-refractivity contribution in [2.75, 3.05) is 26.2 Å². The average Bonchev–Trinajstić information content (AvgIpc) is 2.46. The zero-order chi connectivity index (χ0) is 15.5. The molecule has 0 atom stereocenters. The Morgan fingerprint density at radius 2 is 1.90 bits per heavy atom. The first-order valence-corrected chi connectivity index (χ1v) is 7.34. The smallest absolute Gasteiger partial charge is 0.311 e. The lowest BCUT2D eigenvalue weighted by molar-refractivity contribution is -0.142. The quantitative estimate of drug-likeness (QED) is 0.903. The van der Waals surface area contributed by atoms with Gasteiger partial charge in [-0.05, 0) is 26.1 Å². The van der Waals surface area contributed by atoms with E-state index in [9.17, 15) is 13.2 Å². The van der Waals surface area contributed by atoms with Crippen LogP contribution in [0.3, 0.4) is 0 Å². The van der Waals surface area contributed by atoms with Gasteiger partial charge in [-0.3, -0.25) is 0 Å². The molecule has 118 valence electrons. The van der Waals surface area contributed by atoms with E-state index in [4.69, 9.17) is 0 Å². The maximum atomic E-state index is 13.2. The van der Waals surface area contributed by atoms with Gasteiger partial charge in [-0.15, -0.1) is 0 Å². The highest BCUT2D eigenvalue weighted by Gasteiger charge is 2.37. The lowest BCUT2D eigenvalue weighted by Crippen LogP contribution is -2.30. The molecule has 7 heteroatoms. The van der Waals surface area contributed by atoms with Crippen LogP contribution in [0.15, 0.2) is 0 Å². The molecule has 0 aliphatic carbocycles. The van der Waals surface area contributed by atoms with Crippen LogP contribution in [0.2, 0.25) is 0 Å². The number of rotatable bonds is 5. The number of aromatic nitrogens is 2. The van der Waals surface area contributed by atoms with Crippen LogP contribution in [-0.2, 0) is 25.6 Å². The van der Waals surface area contributed by atoms with Crippen LogP contribution >= 0.6 is 0 Å². The van der Waals surface area contributed by atoms with Gasteiger partial charge in [-0.2, -0.15) is 13.2 Å². The molecular formula is C14H21F3N4. The lowest BCUT2D eigenvalue weighted by atomic mass is 10.0. The van der Waals surface area contributed by atoms with Gasteiger partial charge in [-0.25, -0.2) is 9.97 Å². The van der Waals surface area contributed by atoms with E-state index >= 15 is 0 Å². The van der Waals surface area contributed by atoms with Gasteiger partial charge in [-0.1, -0.05) is 13.8 Å². The van der Waals surface area contributed by atoms with E-state index in [2.05, 4.69) is 20.2 Å². The molecule has 1 aliphatic heterocycles. The molecule has 0 bridgehead atoms. The summed E-state index contributed by atoms with van der Waals surface area (Å²) in [4.78, 5) is 10.3. The second-order valence-electron chi connectivity index (χ2n) is 5.12. The predicted molar refractivity (Wildman–Crippen MR) is 73.9 cm³/mol. The Morgan fingerprint density at radius 3 is 2.52 bits per heavy atom. The zero-order valence-electron chi connectivity index (χ0n) is 12.4. The van der Waals surface area contributed by atoms with E-state index < -0.39 is 11.9 Å². The van der Waals surface area contributed by atoms with Crippen molar-refractivity contribution in [3.05, 3.63) is 22.8 Å². The third-order valence-electron chi connectivity index (χ3n) is 3.80. The molecule has 1 aliphatic rings. The van der Waals surface area contributed by atoms with E-state index in [-0.39, 0.29) is 11.4 Å². The van der Waals surface area contributed by atoms with Crippen LogP contribution in [-0.4, -0.2) is 41.0 Å². The van der Waals surface area contributed by atoms with Crippen LogP contribution in [0.4, 0.5) is 13.2 Å². The van der Waals surface area contributed by atoms with Gasteiger partial charge in [0.05, 0.1) is 5.69 Å². The van der Waals surface area contributed by atoms with Gasteiger partial charge < -0.3 is 10.2 Å². The Hall–Kier alpha value is -1.21. The molecule has 0 radical (unpaired) electrons. The highest BCUT2D eigenvalue weighted by molar-refractivity contribution is 5.30. The van der Waals surface area contributed by atoms with Crippen molar-refractivity contribution in [1.82, 2.24) is 20.2 Å². The number of fused-ring (bicyclic) bond motifs is 1. The van der Waals surface area contributed by atoms with Crippen LogP contribution in [0.1, 0.15) is 36.6 Å². The molecule has 0 amide bonds. The van der Waals surface area contributed by atoms with Gasteiger partial charge >= 0.3 is 6.18 Å².